The van der Waals surface area contributed by atoms with Crippen molar-refractivity contribution in [2.75, 3.05) is 55.6 Å². The van der Waals surface area contributed by atoms with Crippen LogP contribution in [0.4, 0.5) is 11.1 Å². The van der Waals surface area contributed by atoms with Gasteiger partial charge in [0.05, 0.1) is 6.54 Å². The van der Waals surface area contributed by atoms with Crippen LogP contribution < -0.4 is 26.8 Å². The van der Waals surface area contributed by atoms with Crippen LogP contribution in [0.15, 0.2) is 39.9 Å². The fraction of sp³-hybridized carbons (Fsp3) is 0.500. The number of nitrogens with zero attached hydrogens (tertiary/aromatic N) is 9. The van der Waals surface area contributed by atoms with Gasteiger partial charge in [0.25, 0.3) is 5.56 Å². The topological polar surface area (TPSA) is 123 Å². The Morgan fingerprint density at radius 3 is 2.53 bits per heavy atom. The summed E-state index contributed by atoms with van der Waals surface area (Å²) in [4.78, 5) is 43.4. The Kier molecular flexibility index (Phi) is 8.60. The average Bonchev–Trinajstić information content (AvgIpc) is 3.68. The molecule has 0 aliphatic carbocycles. The van der Waals surface area contributed by atoms with Crippen molar-refractivity contribution < 1.29 is 0 Å². The highest BCUT2D eigenvalue weighted by atomic mass is 32.1. The minimum atomic E-state index is -0.346. The van der Waals surface area contributed by atoms with Crippen LogP contribution in [-0.2, 0) is 20.1 Å². The summed E-state index contributed by atoms with van der Waals surface area (Å²) in [6.45, 7) is 8.19. The standard InChI is InChI=1S/C30H38N10O2S/c1-3-4-15-39-24-26(33-28(39)38-14-8-12-23(31)21-38)35(2)30(42)40(27(24)41)16-9-13-36-17-19-37(20-18-36)29-32-25(34-43-29)22-10-6-5-7-11-22/h5-7,10-11,23H,8-9,12-21,31H2,1-2H3/t23-/m1/s1. The summed E-state index contributed by atoms with van der Waals surface area (Å²) in [5.74, 6) is 7.43. The lowest BCUT2D eigenvalue weighted by atomic mass is 10.1. The molecule has 226 valence electrons. The molecule has 0 bridgehead atoms. The molecule has 2 aliphatic heterocycles. The number of hydrogen-bond acceptors (Lipinski definition) is 10. The SMILES string of the molecule is CC#CCn1c(N2CCC[C@@H](N)C2)nc2c1c(=O)n(CCCN1CCN(c3nc(-c4ccccc4)ns3)CC1)c(=O)n2C. The highest BCUT2D eigenvalue weighted by Gasteiger charge is 2.26. The Morgan fingerprint density at radius 2 is 1.79 bits per heavy atom. The second-order valence-corrected chi connectivity index (χ2v) is 11.9. The van der Waals surface area contributed by atoms with Crippen molar-refractivity contribution in [1.29, 1.82) is 0 Å². The maximum atomic E-state index is 13.8. The second kappa shape index (κ2) is 12.7. The van der Waals surface area contributed by atoms with E-state index < -0.39 is 0 Å². The number of rotatable bonds is 8. The highest BCUT2D eigenvalue weighted by molar-refractivity contribution is 7.09. The molecule has 2 saturated heterocycles. The molecule has 1 aromatic carbocycles. The van der Waals surface area contributed by atoms with Crippen molar-refractivity contribution in [3.63, 3.8) is 0 Å². The number of piperidine rings is 1. The van der Waals surface area contributed by atoms with E-state index in [0.717, 1.165) is 68.6 Å². The largest absolute Gasteiger partial charge is 0.344 e. The molecule has 0 spiro atoms. The predicted octanol–water partition coefficient (Wildman–Crippen LogP) is 1.58. The van der Waals surface area contributed by atoms with Crippen LogP contribution >= 0.6 is 11.5 Å². The lowest BCUT2D eigenvalue weighted by molar-refractivity contribution is 0.249. The Bertz CT molecular complexity index is 1750. The van der Waals surface area contributed by atoms with Crippen molar-refractivity contribution in [1.82, 2.24) is 32.9 Å². The number of nitrogens with two attached hydrogens (primary N) is 1. The van der Waals surface area contributed by atoms with Crippen molar-refractivity contribution in [3.8, 4) is 23.2 Å². The van der Waals surface area contributed by atoms with Crippen molar-refractivity contribution >= 4 is 33.8 Å². The molecule has 2 N–H and O–H groups in total. The number of piperazine rings is 1. The molecule has 0 unspecified atom stereocenters. The van der Waals surface area contributed by atoms with Gasteiger partial charge in [-0.1, -0.05) is 36.3 Å². The Balaban J connectivity index is 1.14. The van der Waals surface area contributed by atoms with E-state index in [1.165, 1.54) is 20.7 Å². The maximum absolute atomic E-state index is 13.8. The molecule has 1 atom stereocenters. The van der Waals surface area contributed by atoms with Crippen LogP contribution in [0, 0.1) is 11.8 Å². The van der Waals surface area contributed by atoms with Gasteiger partial charge in [-0.25, -0.2) is 4.79 Å². The van der Waals surface area contributed by atoms with Gasteiger partial charge in [-0.05, 0) is 32.7 Å². The zero-order valence-corrected chi connectivity index (χ0v) is 25.6. The van der Waals surface area contributed by atoms with Crippen molar-refractivity contribution in [2.24, 2.45) is 12.8 Å². The van der Waals surface area contributed by atoms with E-state index in [1.807, 2.05) is 34.9 Å². The average molecular weight is 603 g/mol. The summed E-state index contributed by atoms with van der Waals surface area (Å²) in [6.07, 6.45) is 2.61. The van der Waals surface area contributed by atoms with Crippen molar-refractivity contribution in [3.05, 3.63) is 51.2 Å². The van der Waals surface area contributed by atoms with Gasteiger partial charge >= 0.3 is 5.69 Å². The number of hydrogen-bond donors (Lipinski definition) is 1. The summed E-state index contributed by atoms with van der Waals surface area (Å²) in [7, 11) is 1.69. The lowest BCUT2D eigenvalue weighted by Crippen LogP contribution is -2.47. The number of anilines is 2. The summed E-state index contributed by atoms with van der Waals surface area (Å²) in [6, 6.07) is 10.1. The number of fused-ring (bicyclic) bond motifs is 1. The van der Waals surface area contributed by atoms with Crippen LogP contribution in [0.1, 0.15) is 26.2 Å². The normalized spacial score (nSPS) is 17.8. The first kappa shape index (κ1) is 29.1. The van der Waals surface area contributed by atoms with Gasteiger partial charge in [-0.3, -0.25) is 23.4 Å². The summed E-state index contributed by atoms with van der Waals surface area (Å²) >= 11 is 1.44. The summed E-state index contributed by atoms with van der Waals surface area (Å²) in [5, 5.41) is 0.942. The Labute approximate surface area is 254 Å². The highest BCUT2D eigenvalue weighted by Crippen LogP contribution is 2.25. The molecule has 12 nitrogen and oxygen atoms in total. The van der Waals surface area contributed by atoms with Crippen LogP contribution in [0.5, 0.6) is 0 Å². The van der Waals surface area contributed by atoms with Crippen LogP contribution in [-0.4, -0.2) is 84.8 Å². The fourth-order valence-corrected chi connectivity index (χ4v) is 6.70. The quantitative estimate of drug-likeness (QED) is 0.300. The molecule has 43 heavy (non-hydrogen) atoms. The smallest absolute Gasteiger partial charge is 0.332 e. The minimum Gasteiger partial charge on any atom is -0.344 e. The van der Waals surface area contributed by atoms with Gasteiger partial charge in [0, 0.05) is 76.0 Å². The van der Waals surface area contributed by atoms with E-state index in [2.05, 4.69) is 30.9 Å². The molecule has 2 fully saturated rings. The summed E-state index contributed by atoms with van der Waals surface area (Å²) < 4.78 is 9.26. The first-order valence-corrected chi connectivity index (χ1v) is 15.7. The predicted molar refractivity (Wildman–Crippen MR) is 171 cm³/mol. The van der Waals surface area contributed by atoms with E-state index in [-0.39, 0.29) is 17.3 Å². The monoisotopic (exact) mass is 602 g/mol. The summed E-state index contributed by atoms with van der Waals surface area (Å²) in [5.41, 5.74) is 7.42. The molecule has 4 aromatic rings. The number of aryl methyl sites for hydroxylation is 1. The Hall–Kier alpha value is -3.99. The van der Waals surface area contributed by atoms with Gasteiger partial charge in [-0.15, -0.1) is 5.92 Å². The van der Waals surface area contributed by atoms with E-state index in [0.29, 0.717) is 43.2 Å². The molecule has 0 saturated carbocycles. The number of imidazole rings is 1. The van der Waals surface area contributed by atoms with E-state index in [4.69, 9.17) is 15.7 Å². The van der Waals surface area contributed by atoms with Crippen LogP contribution in [0.3, 0.4) is 0 Å². The third-order valence-corrected chi connectivity index (χ3v) is 9.09. The van der Waals surface area contributed by atoms with Gasteiger partial charge in [0.2, 0.25) is 11.1 Å². The Morgan fingerprint density at radius 1 is 1.00 bits per heavy atom. The molecule has 0 amide bonds. The first-order valence-electron chi connectivity index (χ1n) is 14.9. The van der Waals surface area contributed by atoms with Gasteiger partial charge in [0.1, 0.15) is 0 Å². The molecule has 6 rings (SSSR count). The van der Waals surface area contributed by atoms with Crippen molar-refractivity contribution in [2.45, 2.75) is 45.3 Å². The van der Waals surface area contributed by atoms with Crippen LogP contribution in [0.25, 0.3) is 22.6 Å². The molecule has 2 aliphatic rings. The second-order valence-electron chi connectivity index (χ2n) is 11.2. The zero-order chi connectivity index (χ0) is 29.9. The van der Waals surface area contributed by atoms with E-state index >= 15 is 0 Å². The minimum absolute atomic E-state index is 0.0478. The third-order valence-electron chi connectivity index (χ3n) is 8.31. The molecular weight excluding hydrogens is 564 g/mol. The van der Waals surface area contributed by atoms with Crippen LogP contribution in [0.2, 0.25) is 0 Å². The maximum Gasteiger partial charge on any atom is 0.332 e. The molecule has 0 radical (unpaired) electrons. The zero-order valence-electron chi connectivity index (χ0n) is 24.8. The molecule has 5 heterocycles. The first-order chi connectivity index (χ1) is 20.9. The lowest BCUT2D eigenvalue weighted by Gasteiger charge is -2.34. The van der Waals surface area contributed by atoms with E-state index in [1.54, 1.807) is 14.0 Å². The molecular formula is C30H38N10O2S. The van der Waals surface area contributed by atoms with Gasteiger partial charge < -0.3 is 15.5 Å². The van der Waals surface area contributed by atoms with Gasteiger partial charge in [-0.2, -0.15) is 14.3 Å². The molecule has 13 heteroatoms. The third kappa shape index (κ3) is 5.95. The fourth-order valence-electron chi connectivity index (χ4n) is 5.96. The molecule has 3 aromatic heterocycles. The van der Waals surface area contributed by atoms with Gasteiger partial charge in [0.15, 0.2) is 17.0 Å². The number of aromatic nitrogens is 6. The number of benzene rings is 1. The van der Waals surface area contributed by atoms with E-state index in [9.17, 15) is 9.59 Å².